The second-order valence-corrected chi connectivity index (χ2v) is 3.18. The summed E-state index contributed by atoms with van der Waals surface area (Å²) in [6, 6.07) is 5.19. The summed E-state index contributed by atoms with van der Waals surface area (Å²) in [6.07, 6.45) is -5.88. The summed E-state index contributed by atoms with van der Waals surface area (Å²) < 4.78 is 52.5. The fourth-order valence-electron chi connectivity index (χ4n) is 1.06. The van der Waals surface area contributed by atoms with Crippen LogP contribution in [0.15, 0.2) is 24.3 Å². The second-order valence-electron chi connectivity index (χ2n) is 3.18. The Morgan fingerprint density at radius 2 is 1.94 bits per heavy atom. The molecule has 0 saturated heterocycles. The fraction of sp³-hybridized carbons (Fsp3) is 0.300. The van der Waals surface area contributed by atoms with Gasteiger partial charge in [-0.05, 0) is 12.1 Å². The summed E-state index contributed by atoms with van der Waals surface area (Å²) in [7, 11) is 1.12. The molecule has 94 valence electrons. The topological polar surface area (TPSA) is 29.5 Å². The predicted octanol–water partition coefficient (Wildman–Crippen LogP) is 2.96. The minimum Gasteiger partial charge on any atom is -0.440 e. The summed E-state index contributed by atoms with van der Waals surface area (Å²) in [4.78, 5) is 11.8. The van der Waals surface area contributed by atoms with Crippen LogP contribution in [-0.4, -0.2) is 25.9 Å². The Balaban J connectivity index is 2.68. The SMILES string of the molecule is CN(C(=O)OCC(F)(F)F)c1ccccc1F. The van der Waals surface area contributed by atoms with Gasteiger partial charge in [0.05, 0.1) is 5.69 Å². The van der Waals surface area contributed by atoms with E-state index in [2.05, 4.69) is 4.74 Å². The van der Waals surface area contributed by atoms with Gasteiger partial charge in [-0.3, -0.25) is 4.90 Å². The maximum Gasteiger partial charge on any atom is 0.422 e. The minimum atomic E-state index is -4.61. The van der Waals surface area contributed by atoms with Gasteiger partial charge in [0.1, 0.15) is 5.82 Å². The molecule has 0 radical (unpaired) electrons. The predicted molar refractivity (Wildman–Crippen MR) is 52.2 cm³/mol. The minimum absolute atomic E-state index is 0.153. The molecule has 0 aliphatic heterocycles. The van der Waals surface area contributed by atoms with Crippen molar-refractivity contribution >= 4 is 11.8 Å². The summed E-state index contributed by atoms with van der Waals surface area (Å²) in [5.74, 6) is -0.723. The van der Waals surface area contributed by atoms with Gasteiger partial charge in [0.25, 0.3) is 0 Å². The van der Waals surface area contributed by atoms with Crippen molar-refractivity contribution in [1.29, 1.82) is 0 Å². The van der Waals surface area contributed by atoms with E-state index >= 15 is 0 Å². The molecule has 0 aromatic heterocycles. The average molecular weight is 251 g/mol. The first kappa shape index (κ1) is 13.3. The molecule has 0 atom stereocenters. The molecule has 0 N–H and O–H groups in total. The van der Waals surface area contributed by atoms with Crippen molar-refractivity contribution in [2.24, 2.45) is 0 Å². The average Bonchev–Trinajstić information content (AvgIpc) is 2.24. The Hall–Kier alpha value is -1.79. The highest BCUT2D eigenvalue weighted by atomic mass is 19.4. The number of alkyl halides is 3. The number of benzene rings is 1. The summed E-state index contributed by atoms with van der Waals surface area (Å²) in [5, 5.41) is 0. The molecule has 1 aromatic rings. The van der Waals surface area contributed by atoms with Crippen molar-refractivity contribution < 1.29 is 27.1 Å². The number of hydrogen-bond acceptors (Lipinski definition) is 2. The fourth-order valence-corrected chi connectivity index (χ4v) is 1.06. The molecule has 7 heteroatoms. The number of ether oxygens (including phenoxy) is 1. The Bertz CT molecular complexity index is 406. The normalized spacial score (nSPS) is 11.1. The number of amides is 1. The van der Waals surface area contributed by atoms with Crippen molar-refractivity contribution in [3.05, 3.63) is 30.1 Å². The van der Waals surface area contributed by atoms with E-state index in [1.807, 2.05) is 0 Å². The van der Waals surface area contributed by atoms with Crippen LogP contribution in [0.25, 0.3) is 0 Å². The van der Waals surface area contributed by atoms with Gasteiger partial charge in [0.15, 0.2) is 6.61 Å². The van der Waals surface area contributed by atoms with Gasteiger partial charge in [-0.15, -0.1) is 0 Å². The van der Waals surface area contributed by atoms with Crippen LogP contribution < -0.4 is 4.90 Å². The van der Waals surface area contributed by atoms with E-state index in [0.717, 1.165) is 13.1 Å². The lowest BCUT2D eigenvalue weighted by molar-refractivity contribution is -0.159. The summed E-state index contributed by atoms with van der Waals surface area (Å²) in [5.41, 5.74) is -0.153. The van der Waals surface area contributed by atoms with Gasteiger partial charge in [-0.1, -0.05) is 12.1 Å². The number of anilines is 1. The molecule has 0 heterocycles. The van der Waals surface area contributed by atoms with E-state index in [0.29, 0.717) is 4.90 Å². The number of carbonyl (C=O) groups is 1. The highest BCUT2D eigenvalue weighted by Gasteiger charge is 2.30. The highest BCUT2D eigenvalue weighted by Crippen LogP contribution is 2.19. The molecule has 0 aliphatic carbocycles. The van der Waals surface area contributed by atoms with Crippen LogP contribution in [0.5, 0.6) is 0 Å². The number of carbonyl (C=O) groups excluding carboxylic acids is 1. The van der Waals surface area contributed by atoms with Gasteiger partial charge in [0, 0.05) is 7.05 Å². The molecular weight excluding hydrogens is 242 g/mol. The van der Waals surface area contributed by atoms with Gasteiger partial charge in [-0.2, -0.15) is 13.2 Å². The zero-order valence-electron chi connectivity index (χ0n) is 8.79. The molecule has 0 bridgehead atoms. The Morgan fingerprint density at radius 3 is 2.47 bits per heavy atom. The third-order valence-corrected chi connectivity index (χ3v) is 1.85. The molecule has 0 unspecified atom stereocenters. The standard InChI is InChI=1S/C10H9F4NO2/c1-15(8-5-3-2-4-7(8)11)9(16)17-6-10(12,13)14/h2-5H,6H2,1H3. The quantitative estimate of drug-likeness (QED) is 0.756. The van der Waals surface area contributed by atoms with E-state index in [1.165, 1.54) is 18.2 Å². The van der Waals surface area contributed by atoms with Crippen LogP contribution >= 0.6 is 0 Å². The number of rotatable bonds is 2. The first-order valence-electron chi connectivity index (χ1n) is 4.53. The van der Waals surface area contributed by atoms with Crippen LogP contribution in [0.3, 0.4) is 0 Å². The number of hydrogen-bond donors (Lipinski definition) is 0. The third-order valence-electron chi connectivity index (χ3n) is 1.85. The van der Waals surface area contributed by atoms with Crippen molar-refractivity contribution in [1.82, 2.24) is 0 Å². The smallest absolute Gasteiger partial charge is 0.422 e. The van der Waals surface area contributed by atoms with Gasteiger partial charge >= 0.3 is 12.3 Å². The molecule has 0 saturated carbocycles. The van der Waals surface area contributed by atoms with E-state index in [4.69, 9.17) is 0 Å². The molecule has 0 fully saturated rings. The van der Waals surface area contributed by atoms with Gasteiger partial charge < -0.3 is 4.74 Å². The van der Waals surface area contributed by atoms with E-state index in [1.54, 1.807) is 0 Å². The monoisotopic (exact) mass is 251 g/mol. The molecule has 17 heavy (non-hydrogen) atoms. The van der Waals surface area contributed by atoms with Crippen LogP contribution in [-0.2, 0) is 4.74 Å². The summed E-state index contributed by atoms with van der Waals surface area (Å²) >= 11 is 0. The summed E-state index contributed by atoms with van der Waals surface area (Å²) in [6.45, 7) is -1.70. The highest BCUT2D eigenvalue weighted by molar-refractivity contribution is 5.87. The molecule has 1 amide bonds. The van der Waals surface area contributed by atoms with Gasteiger partial charge in [0.2, 0.25) is 0 Å². The lowest BCUT2D eigenvalue weighted by atomic mass is 10.3. The second kappa shape index (κ2) is 5.03. The van der Waals surface area contributed by atoms with Crippen LogP contribution in [0.2, 0.25) is 0 Å². The van der Waals surface area contributed by atoms with Crippen LogP contribution in [0, 0.1) is 5.82 Å². The van der Waals surface area contributed by atoms with Crippen molar-refractivity contribution in [3.63, 3.8) is 0 Å². The third kappa shape index (κ3) is 3.93. The Morgan fingerprint density at radius 1 is 1.35 bits per heavy atom. The maximum absolute atomic E-state index is 13.2. The zero-order chi connectivity index (χ0) is 13.1. The molecule has 0 aliphatic rings. The van der Waals surface area contributed by atoms with E-state index in [9.17, 15) is 22.4 Å². The van der Waals surface area contributed by atoms with Crippen LogP contribution in [0.1, 0.15) is 0 Å². The largest absolute Gasteiger partial charge is 0.440 e. The van der Waals surface area contributed by atoms with Crippen molar-refractivity contribution in [3.8, 4) is 0 Å². The number of para-hydroxylation sites is 1. The Kier molecular flexibility index (Phi) is 3.93. The van der Waals surface area contributed by atoms with E-state index in [-0.39, 0.29) is 5.69 Å². The van der Waals surface area contributed by atoms with Crippen LogP contribution in [0.4, 0.5) is 28.0 Å². The maximum atomic E-state index is 13.2. The lowest BCUT2D eigenvalue weighted by Crippen LogP contribution is -2.31. The van der Waals surface area contributed by atoms with E-state index < -0.39 is 24.7 Å². The molecule has 1 aromatic carbocycles. The van der Waals surface area contributed by atoms with Crippen molar-refractivity contribution in [2.75, 3.05) is 18.6 Å². The number of halogens is 4. The molecular formula is C10H9F4NO2. The first-order chi connectivity index (χ1) is 7.81. The number of nitrogens with zero attached hydrogens (tertiary/aromatic N) is 1. The molecule has 0 spiro atoms. The Labute approximate surface area is 94.6 Å². The molecule has 3 nitrogen and oxygen atoms in total. The zero-order valence-corrected chi connectivity index (χ0v) is 8.79. The lowest BCUT2D eigenvalue weighted by Gasteiger charge is -2.18. The molecule has 1 rings (SSSR count). The first-order valence-corrected chi connectivity index (χ1v) is 4.53. The van der Waals surface area contributed by atoms with Crippen molar-refractivity contribution in [2.45, 2.75) is 6.18 Å². The van der Waals surface area contributed by atoms with Gasteiger partial charge in [-0.25, -0.2) is 9.18 Å².